The summed E-state index contributed by atoms with van der Waals surface area (Å²) in [6.45, 7) is 6.88. The predicted molar refractivity (Wildman–Crippen MR) is 61.3 cm³/mol. The highest BCUT2D eigenvalue weighted by Gasteiger charge is 2.39. The number of hydrogen-bond donors (Lipinski definition) is 2. The third kappa shape index (κ3) is 3.64. The Labute approximate surface area is 96.8 Å². The normalized spacial score (nSPS) is 25.9. The van der Waals surface area contributed by atoms with Gasteiger partial charge >= 0.3 is 6.09 Å². The lowest BCUT2D eigenvalue weighted by Gasteiger charge is -2.26. The number of β-amino-alcohol motifs (C(OH)–C–C–N with tert-alkyl or cyclic N) is 1. The van der Waals surface area contributed by atoms with E-state index in [2.05, 4.69) is 5.32 Å². The van der Waals surface area contributed by atoms with Crippen molar-refractivity contribution in [3.8, 4) is 0 Å². The van der Waals surface area contributed by atoms with Crippen LogP contribution in [-0.4, -0.2) is 54.0 Å². The first-order valence-corrected chi connectivity index (χ1v) is 5.61. The molecule has 0 aliphatic carbocycles. The van der Waals surface area contributed by atoms with Crippen LogP contribution in [0.1, 0.15) is 27.2 Å². The van der Waals surface area contributed by atoms with Gasteiger partial charge in [-0.05, 0) is 34.2 Å². The molecule has 1 atom stereocenters. The molecule has 94 valence electrons. The molecule has 0 aromatic rings. The number of ether oxygens (including phenoxy) is 1. The van der Waals surface area contributed by atoms with Crippen LogP contribution in [0.25, 0.3) is 0 Å². The minimum absolute atomic E-state index is 0.336. The summed E-state index contributed by atoms with van der Waals surface area (Å²) >= 11 is 0. The zero-order valence-corrected chi connectivity index (χ0v) is 10.5. The fourth-order valence-electron chi connectivity index (χ4n) is 1.81. The first-order valence-electron chi connectivity index (χ1n) is 5.61. The number of likely N-dealkylation sites (N-methyl/N-ethyl adjacent to an activating group) is 1. The molecule has 0 bridgehead atoms. The number of nitrogens with one attached hydrogen (secondary N) is 1. The Bertz CT molecular complexity index is 262. The monoisotopic (exact) mass is 230 g/mol. The van der Waals surface area contributed by atoms with Gasteiger partial charge in [-0.25, -0.2) is 4.79 Å². The van der Waals surface area contributed by atoms with Crippen LogP contribution in [0, 0.1) is 0 Å². The lowest BCUT2D eigenvalue weighted by atomic mass is 10.0. The van der Waals surface area contributed by atoms with Crippen molar-refractivity contribution in [2.75, 3.05) is 26.7 Å². The molecule has 1 aliphatic rings. The Balaban J connectivity index is 2.50. The fourth-order valence-corrected chi connectivity index (χ4v) is 1.81. The molecule has 5 nitrogen and oxygen atoms in total. The van der Waals surface area contributed by atoms with Crippen LogP contribution in [0.2, 0.25) is 0 Å². The van der Waals surface area contributed by atoms with E-state index in [1.54, 1.807) is 11.9 Å². The maximum Gasteiger partial charge on any atom is 0.410 e. The van der Waals surface area contributed by atoms with Gasteiger partial charge in [0, 0.05) is 13.1 Å². The van der Waals surface area contributed by atoms with Crippen molar-refractivity contribution in [3.05, 3.63) is 0 Å². The fraction of sp³-hybridized carbons (Fsp3) is 0.909. The minimum Gasteiger partial charge on any atom is -0.444 e. The lowest BCUT2D eigenvalue weighted by molar-refractivity contribution is 0.0159. The van der Waals surface area contributed by atoms with Crippen molar-refractivity contribution in [1.29, 1.82) is 0 Å². The van der Waals surface area contributed by atoms with Crippen LogP contribution in [-0.2, 0) is 4.74 Å². The minimum atomic E-state index is -0.814. The molecule has 0 aromatic carbocycles. The van der Waals surface area contributed by atoms with Crippen molar-refractivity contribution in [1.82, 2.24) is 10.2 Å². The highest BCUT2D eigenvalue weighted by molar-refractivity contribution is 5.68. The van der Waals surface area contributed by atoms with E-state index in [0.29, 0.717) is 26.1 Å². The summed E-state index contributed by atoms with van der Waals surface area (Å²) in [6.07, 6.45) is 0.243. The van der Waals surface area contributed by atoms with Crippen LogP contribution in [0.4, 0.5) is 4.79 Å². The van der Waals surface area contributed by atoms with Crippen molar-refractivity contribution >= 4 is 6.09 Å². The Hall–Kier alpha value is -0.810. The van der Waals surface area contributed by atoms with Gasteiger partial charge in [-0.2, -0.15) is 0 Å². The molecule has 1 amide bonds. The van der Waals surface area contributed by atoms with Gasteiger partial charge in [0.1, 0.15) is 5.60 Å². The van der Waals surface area contributed by atoms with Crippen LogP contribution in [0.15, 0.2) is 0 Å². The first kappa shape index (κ1) is 13.3. The van der Waals surface area contributed by atoms with E-state index in [4.69, 9.17) is 4.74 Å². The first-order chi connectivity index (χ1) is 7.26. The predicted octanol–water partition coefficient (Wildman–Crippen LogP) is 0.578. The molecule has 1 aliphatic heterocycles. The van der Waals surface area contributed by atoms with E-state index in [1.165, 1.54) is 0 Å². The number of rotatable bonds is 2. The average Bonchev–Trinajstić information content (AvgIpc) is 2.45. The Kier molecular flexibility index (Phi) is 3.80. The van der Waals surface area contributed by atoms with E-state index >= 15 is 0 Å². The summed E-state index contributed by atoms with van der Waals surface area (Å²) in [5.41, 5.74) is -1.30. The average molecular weight is 230 g/mol. The third-order valence-electron chi connectivity index (χ3n) is 2.49. The van der Waals surface area contributed by atoms with Crippen LogP contribution in [0.5, 0.6) is 0 Å². The van der Waals surface area contributed by atoms with E-state index in [9.17, 15) is 9.90 Å². The Morgan fingerprint density at radius 2 is 2.19 bits per heavy atom. The third-order valence-corrected chi connectivity index (χ3v) is 2.49. The van der Waals surface area contributed by atoms with Gasteiger partial charge < -0.3 is 20.1 Å². The largest absolute Gasteiger partial charge is 0.444 e. The summed E-state index contributed by atoms with van der Waals surface area (Å²) in [6, 6.07) is 0. The summed E-state index contributed by atoms with van der Waals surface area (Å²) in [7, 11) is 1.79. The van der Waals surface area contributed by atoms with Gasteiger partial charge in [0.05, 0.1) is 12.1 Å². The maximum absolute atomic E-state index is 11.7. The van der Waals surface area contributed by atoms with Gasteiger partial charge in [-0.1, -0.05) is 0 Å². The molecule has 0 spiro atoms. The van der Waals surface area contributed by atoms with Crippen LogP contribution < -0.4 is 5.32 Å². The molecule has 1 saturated heterocycles. The number of likely N-dealkylation sites (tertiary alicyclic amines) is 1. The molecular weight excluding hydrogens is 208 g/mol. The van der Waals surface area contributed by atoms with Crippen molar-refractivity contribution in [3.63, 3.8) is 0 Å². The number of carbonyl (C=O) groups is 1. The van der Waals surface area contributed by atoms with Crippen LogP contribution in [0.3, 0.4) is 0 Å². The lowest BCUT2D eigenvalue weighted by Crippen LogP contribution is -2.44. The van der Waals surface area contributed by atoms with Gasteiger partial charge in [0.25, 0.3) is 0 Å². The zero-order valence-electron chi connectivity index (χ0n) is 10.5. The SMILES string of the molecule is CNC[C@@]1(O)CCN(C(=O)OC(C)(C)C)C1. The summed E-state index contributed by atoms with van der Waals surface area (Å²) in [4.78, 5) is 13.3. The molecule has 0 saturated carbocycles. The standard InChI is InChI=1S/C11H22N2O3/c1-10(2,3)16-9(14)13-6-5-11(15,8-13)7-12-4/h12,15H,5-8H2,1-4H3/t11-/m0/s1. The summed E-state index contributed by atoms with van der Waals surface area (Å²) in [5, 5.41) is 13.0. The van der Waals surface area contributed by atoms with Gasteiger partial charge in [0.15, 0.2) is 0 Å². The highest BCUT2D eigenvalue weighted by Crippen LogP contribution is 2.22. The highest BCUT2D eigenvalue weighted by atomic mass is 16.6. The summed E-state index contributed by atoms with van der Waals surface area (Å²) in [5.74, 6) is 0. The smallest absolute Gasteiger partial charge is 0.410 e. The molecule has 2 N–H and O–H groups in total. The molecule has 16 heavy (non-hydrogen) atoms. The quantitative estimate of drug-likeness (QED) is 0.728. The maximum atomic E-state index is 11.7. The molecule has 0 aromatic heterocycles. The van der Waals surface area contributed by atoms with E-state index < -0.39 is 11.2 Å². The van der Waals surface area contributed by atoms with Gasteiger partial charge in [-0.15, -0.1) is 0 Å². The Morgan fingerprint density at radius 3 is 2.69 bits per heavy atom. The zero-order chi connectivity index (χ0) is 12.4. The Morgan fingerprint density at radius 1 is 1.56 bits per heavy atom. The number of nitrogens with zero attached hydrogens (tertiary/aromatic N) is 1. The number of hydrogen-bond acceptors (Lipinski definition) is 4. The molecule has 1 heterocycles. The second-order valence-electron chi connectivity index (χ2n) is 5.41. The number of amides is 1. The topological polar surface area (TPSA) is 61.8 Å². The molecule has 1 rings (SSSR count). The molecule has 1 fully saturated rings. The second kappa shape index (κ2) is 4.59. The van der Waals surface area contributed by atoms with E-state index in [0.717, 1.165) is 0 Å². The van der Waals surface area contributed by atoms with Crippen LogP contribution >= 0.6 is 0 Å². The van der Waals surface area contributed by atoms with E-state index in [1.807, 2.05) is 20.8 Å². The second-order valence-corrected chi connectivity index (χ2v) is 5.41. The molecule has 0 unspecified atom stereocenters. The van der Waals surface area contributed by atoms with Gasteiger partial charge in [-0.3, -0.25) is 0 Å². The number of carbonyl (C=O) groups excluding carboxylic acids is 1. The van der Waals surface area contributed by atoms with Crippen molar-refractivity contribution < 1.29 is 14.6 Å². The molecular formula is C11H22N2O3. The molecule has 0 radical (unpaired) electrons. The summed E-state index contributed by atoms with van der Waals surface area (Å²) < 4.78 is 5.25. The van der Waals surface area contributed by atoms with Gasteiger partial charge in [0.2, 0.25) is 0 Å². The van der Waals surface area contributed by atoms with E-state index in [-0.39, 0.29) is 6.09 Å². The number of aliphatic hydroxyl groups is 1. The van der Waals surface area contributed by atoms with Crippen molar-refractivity contribution in [2.24, 2.45) is 0 Å². The van der Waals surface area contributed by atoms with Crippen molar-refractivity contribution in [2.45, 2.75) is 38.4 Å². The molecule has 5 heteroatoms.